The van der Waals surface area contributed by atoms with Crippen LogP contribution in [0.15, 0.2) is 53.8 Å². The lowest BCUT2D eigenvalue weighted by molar-refractivity contribution is 0.0701. The van der Waals surface area contributed by atoms with Gasteiger partial charge in [-0.3, -0.25) is 4.72 Å². The highest BCUT2D eigenvalue weighted by Crippen LogP contribution is 2.30. The normalized spacial score (nSPS) is 14.3. The number of hydrogen-bond donors (Lipinski definition) is 2. The minimum Gasteiger partial charge on any atom is -0.447 e. The van der Waals surface area contributed by atoms with E-state index in [-0.39, 0.29) is 29.1 Å². The number of carbonyl (C=O) groups is 1. The number of rotatable bonds is 7. The zero-order chi connectivity index (χ0) is 30.0. The lowest BCUT2D eigenvalue weighted by Gasteiger charge is -2.32. The molecule has 0 atom stereocenters. The lowest BCUT2D eigenvalue weighted by atomic mass is 10.1. The monoisotopic (exact) mass is 617 g/mol. The molecule has 220 valence electrons. The first kappa shape index (κ1) is 29.3. The molecule has 1 amide bonds. The van der Waals surface area contributed by atoms with Crippen LogP contribution < -0.4 is 10.0 Å². The Labute approximate surface area is 245 Å². The number of ether oxygens (including phenoxy) is 1. The van der Waals surface area contributed by atoms with E-state index in [1.165, 1.54) is 18.6 Å². The van der Waals surface area contributed by atoms with Gasteiger partial charge in [0.25, 0.3) is 10.0 Å². The molecule has 11 nitrogen and oxygen atoms in total. The van der Waals surface area contributed by atoms with Crippen LogP contribution in [-0.2, 0) is 14.8 Å². The number of halogens is 3. The van der Waals surface area contributed by atoms with Crippen LogP contribution in [0, 0.1) is 11.6 Å². The molecule has 5 rings (SSSR count). The summed E-state index contributed by atoms with van der Waals surface area (Å²) >= 11 is 6.15. The summed E-state index contributed by atoms with van der Waals surface area (Å²) in [7, 11) is -4.45. The van der Waals surface area contributed by atoms with Gasteiger partial charge in [-0.05, 0) is 57.0 Å². The Morgan fingerprint density at radius 2 is 1.86 bits per heavy atom. The van der Waals surface area contributed by atoms with Crippen LogP contribution in [0.1, 0.15) is 26.7 Å². The molecule has 15 heteroatoms. The van der Waals surface area contributed by atoms with E-state index in [1.54, 1.807) is 17.0 Å². The third-order valence-electron chi connectivity index (χ3n) is 6.48. The maximum absolute atomic E-state index is 14.2. The molecule has 0 bridgehead atoms. The molecule has 0 saturated carbocycles. The maximum Gasteiger partial charge on any atom is 0.410 e. The van der Waals surface area contributed by atoms with Crippen LogP contribution in [0.25, 0.3) is 22.3 Å². The average Bonchev–Trinajstić information content (AvgIpc) is 2.94. The van der Waals surface area contributed by atoms with Gasteiger partial charge in [-0.2, -0.15) is 0 Å². The van der Waals surface area contributed by atoms with Crippen molar-refractivity contribution in [2.75, 3.05) is 23.1 Å². The van der Waals surface area contributed by atoms with Gasteiger partial charge in [-0.25, -0.2) is 41.9 Å². The van der Waals surface area contributed by atoms with Crippen molar-refractivity contribution in [3.63, 3.8) is 0 Å². The smallest absolute Gasteiger partial charge is 0.410 e. The van der Waals surface area contributed by atoms with Crippen molar-refractivity contribution < 1.29 is 26.7 Å². The summed E-state index contributed by atoms with van der Waals surface area (Å²) in [6.45, 7) is 4.67. The van der Waals surface area contributed by atoms with Gasteiger partial charge < -0.3 is 15.0 Å². The van der Waals surface area contributed by atoms with E-state index in [0.717, 1.165) is 12.1 Å². The fourth-order valence-corrected chi connectivity index (χ4v) is 5.76. The van der Waals surface area contributed by atoms with E-state index in [0.29, 0.717) is 60.1 Å². The van der Waals surface area contributed by atoms with Crippen molar-refractivity contribution in [2.24, 2.45) is 0 Å². The Morgan fingerprint density at radius 3 is 2.57 bits per heavy atom. The summed E-state index contributed by atoms with van der Waals surface area (Å²) in [5, 5.41) is 3.22. The number of benzene rings is 1. The van der Waals surface area contributed by atoms with Gasteiger partial charge in [0.1, 0.15) is 28.4 Å². The third kappa shape index (κ3) is 6.49. The van der Waals surface area contributed by atoms with Gasteiger partial charge in [-0.15, -0.1) is 0 Å². The van der Waals surface area contributed by atoms with Crippen molar-refractivity contribution in [2.45, 2.75) is 43.7 Å². The number of anilines is 2. The minimum atomic E-state index is -4.45. The van der Waals surface area contributed by atoms with Crippen LogP contribution in [0.4, 0.5) is 25.1 Å². The molecular weight excluding hydrogens is 592 g/mol. The SMILES string of the molecule is CC(C)OC(=O)N1CCC(Nc2ncnc3ccc(-c4cnc(Cl)c(NS(=O)(=O)c5ccc(F)cc5F)c4)nc23)CC1. The summed E-state index contributed by atoms with van der Waals surface area (Å²) in [6.07, 6.45) is 3.67. The minimum absolute atomic E-state index is 0.0294. The van der Waals surface area contributed by atoms with Gasteiger partial charge in [0, 0.05) is 37.0 Å². The fourth-order valence-electron chi connectivity index (χ4n) is 4.44. The van der Waals surface area contributed by atoms with Crippen molar-refractivity contribution in [1.82, 2.24) is 24.8 Å². The zero-order valence-corrected chi connectivity index (χ0v) is 24.1. The number of carbonyl (C=O) groups excluding carboxylic acids is 1. The molecule has 1 fully saturated rings. The summed E-state index contributed by atoms with van der Waals surface area (Å²) < 4.78 is 60.6. The van der Waals surface area contributed by atoms with Crippen LogP contribution in [0.5, 0.6) is 0 Å². The number of piperidine rings is 1. The Morgan fingerprint density at radius 1 is 1.10 bits per heavy atom. The van der Waals surface area contributed by atoms with Gasteiger partial charge in [0.15, 0.2) is 11.0 Å². The van der Waals surface area contributed by atoms with Gasteiger partial charge in [0.2, 0.25) is 0 Å². The van der Waals surface area contributed by atoms with E-state index in [9.17, 15) is 22.0 Å². The standard InChI is InChI=1S/C27H26ClF2N7O4S/c1-15(2)41-27(38)37-9-7-18(8-10-37)34-26-24-21(32-14-33-26)5-4-20(35-24)16-11-22(25(28)31-13-16)36-42(39,40)23-6-3-17(29)12-19(23)30/h3-6,11-15,18,36H,7-10H2,1-2H3,(H,32,33,34). The van der Waals surface area contributed by atoms with E-state index < -0.39 is 26.6 Å². The molecule has 4 heterocycles. The number of amides is 1. The highest BCUT2D eigenvalue weighted by Gasteiger charge is 2.25. The number of fused-ring (bicyclic) bond motifs is 1. The molecule has 3 aromatic heterocycles. The number of nitrogens with zero attached hydrogens (tertiary/aromatic N) is 5. The fraction of sp³-hybridized carbons (Fsp3) is 0.296. The van der Waals surface area contributed by atoms with E-state index in [2.05, 4.69) is 25.0 Å². The molecule has 1 saturated heterocycles. The second kappa shape index (κ2) is 12.0. The summed E-state index contributed by atoms with van der Waals surface area (Å²) in [4.78, 5) is 30.6. The van der Waals surface area contributed by atoms with E-state index >= 15 is 0 Å². The predicted molar refractivity (Wildman–Crippen MR) is 153 cm³/mol. The summed E-state index contributed by atoms with van der Waals surface area (Å²) in [6, 6.07) is 6.99. The molecule has 0 radical (unpaired) electrons. The quantitative estimate of drug-likeness (QED) is 0.266. The predicted octanol–water partition coefficient (Wildman–Crippen LogP) is 5.24. The van der Waals surface area contributed by atoms with E-state index in [4.69, 9.17) is 21.3 Å². The topological polar surface area (TPSA) is 139 Å². The Balaban J connectivity index is 1.37. The van der Waals surface area contributed by atoms with Crippen LogP contribution >= 0.6 is 11.6 Å². The number of sulfonamides is 1. The van der Waals surface area contributed by atoms with Gasteiger partial charge in [-0.1, -0.05) is 11.6 Å². The van der Waals surface area contributed by atoms with Crippen molar-refractivity contribution in [3.05, 3.63) is 65.7 Å². The molecule has 2 N–H and O–H groups in total. The molecule has 4 aromatic rings. The molecule has 0 aliphatic carbocycles. The van der Waals surface area contributed by atoms with Crippen molar-refractivity contribution in [1.29, 1.82) is 0 Å². The number of aromatic nitrogens is 4. The summed E-state index contributed by atoms with van der Waals surface area (Å²) in [5.74, 6) is -1.66. The molecule has 1 aromatic carbocycles. The highest BCUT2D eigenvalue weighted by molar-refractivity contribution is 7.92. The van der Waals surface area contributed by atoms with Crippen molar-refractivity contribution in [3.8, 4) is 11.3 Å². The van der Waals surface area contributed by atoms with E-state index in [1.807, 2.05) is 13.8 Å². The van der Waals surface area contributed by atoms with Crippen LogP contribution in [0.3, 0.4) is 0 Å². The van der Waals surface area contributed by atoms with Gasteiger partial charge in [0.05, 0.1) is 23.0 Å². The Bertz CT molecular complexity index is 1750. The second-order valence-electron chi connectivity index (χ2n) is 9.87. The third-order valence-corrected chi connectivity index (χ3v) is 8.17. The largest absolute Gasteiger partial charge is 0.447 e. The maximum atomic E-state index is 14.2. The first-order chi connectivity index (χ1) is 20.0. The van der Waals surface area contributed by atoms with Crippen LogP contribution in [-0.4, -0.2) is 64.6 Å². The average molecular weight is 618 g/mol. The highest BCUT2D eigenvalue weighted by atomic mass is 35.5. The number of likely N-dealkylation sites (tertiary alicyclic amines) is 1. The Kier molecular flexibility index (Phi) is 8.36. The first-order valence-corrected chi connectivity index (χ1v) is 14.8. The van der Waals surface area contributed by atoms with Crippen molar-refractivity contribution >= 4 is 50.3 Å². The molecular formula is C27H26ClF2N7O4S. The van der Waals surface area contributed by atoms with Gasteiger partial charge >= 0.3 is 6.09 Å². The number of pyridine rings is 2. The summed E-state index contributed by atoms with van der Waals surface area (Å²) in [5.41, 5.74) is 1.76. The molecule has 42 heavy (non-hydrogen) atoms. The molecule has 1 aliphatic rings. The number of nitrogens with one attached hydrogen (secondary N) is 2. The molecule has 0 spiro atoms. The molecule has 1 aliphatic heterocycles. The lowest BCUT2D eigenvalue weighted by Crippen LogP contribution is -2.43. The molecule has 0 unspecified atom stereocenters. The van der Waals surface area contributed by atoms with Crippen LogP contribution in [0.2, 0.25) is 5.15 Å². The second-order valence-corrected chi connectivity index (χ2v) is 11.9. The Hall–Kier alpha value is -4.17. The number of hydrogen-bond acceptors (Lipinski definition) is 9. The zero-order valence-electron chi connectivity index (χ0n) is 22.5. The first-order valence-electron chi connectivity index (χ1n) is 13.0.